The normalized spacial score (nSPS) is 15.5. The topological polar surface area (TPSA) is 269 Å². The summed E-state index contributed by atoms with van der Waals surface area (Å²) in [5.74, 6) is 3.30. The van der Waals surface area contributed by atoms with Gasteiger partial charge in [0, 0.05) is 144 Å². The molecule has 8 aromatic carbocycles. The number of aliphatic imine (C=N–C) groups is 4. The Morgan fingerprint density at radius 2 is 0.432 bits per heavy atom. The van der Waals surface area contributed by atoms with E-state index in [1.165, 1.54) is 22.3 Å². The number of hydrogen-bond donors (Lipinski definition) is 4. The first-order chi connectivity index (χ1) is 68.1. The van der Waals surface area contributed by atoms with E-state index in [1.54, 1.807) is 0 Å². The van der Waals surface area contributed by atoms with E-state index in [9.17, 15) is 0 Å². The number of nitrogens with two attached hydrogens (primary N) is 2. The van der Waals surface area contributed by atoms with Crippen LogP contribution in [0, 0.1) is 29.7 Å². The first kappa shape index (κ1) is 171. The number of amidine groups is 2. The predicted octanol–water partition coefficient (Wildman–Crippen LogP) is 25.9. The van der Waals surface area contributed by atoms with Crippen molar-refractivity contribution in [1.82, 2.24) is 50.3 Å². The molecule has 0 fully saturated rings. The smallest absolute Gasteiger partial charge is 0.358 e. The monoisotopic (exact) mass is 2350 g/mol. The standard InChI is InChI=1S/2C23H31N5.2C22H29N5.12C2H6.2CO2.4CH3.4Y/c2*1-5-24-22(25-18-27(4)6-2)28-17-23(3,20-15-11-8-12-16-20)21(26-28)19-13-9-7-10-14-19;2*1-4-26(3)17-24-20(15-23)27-16-22(2,19-13-9-6-10-14-19)21(25-27)18-11-7-5-8-12-18;12*1-2;2*2-1-3;;;;;;;;/h2*7-16H,5-6,17-18H2,1-4H3,(H,24,25);2*5-14H,4,15-17,23H2,1-3H3;12*1-2H3;;;4*1H3;;;;/q;;;;;;;;;;;;;;;;;;4*-1;;;;/t2*23-;2*22-;;;;;;;;;;;;;;;;;;;;;;/m1010....................../s1. The Labute approximate surface area is 1010 Å². The van der Waals surface area contributed by atoms with Gasteiger partial charge in [-0.25, -0.2) is 30.0 Å². The summed E-state index contributed by atoms with van der Waals surface area (Å²) < 4.78 is 0. The summed E-state index contributed by atoms with van der Waals surface area (Å²) in [5, 5.41) is 34.9. The number of nitrogens with zero attached hydrogens (tertiary/aromatic N) is 16. The fourth-order valence-corrected chi connectivity index (χ4v) is 13.6. The van der Waals surface area contributed by atoms with Gasteiger partial charge in [-0.2, -0.15) is 39.6 Å². The van der Waals surface area contributed by atoms with Crippen molar-refractivity contribution in [2.24, 2.45) is 51.8 Å². The van der Waals surface area contributed by atoms with Crippen molar-refractivity contribution in [3.63, 3.8) is 0 Å². The van der Waals surface area contributed by atoms with Crippen LogP contribution in [0.5, 0.6) is 0 Å². The second kappa shape index (κ2) is 110. The van der Waals surface area contributed by atoms with Crippen LogP contribution in [0.4, 0.5) is 0 Å². The van der Waals surface area contributed by atoms with Crippen LogP contribution in [0.2, 0.25) is 0 Å². The van der Waals surface area contributed by atoms with Gasteiger partial charge in [0.25, 0.3) is 0 Å². The van der Waals surface area contributed by atoms with E-state index in [0.717, 1.165) is 134 Å². The number of guanidine groups is 2. The van der Waals surface area contributed by atoms with Gasteiger partial charge in [-0.3, -0.25) is 29.6 Å². The van der Waals surface area contributed by atoms with E-state index in [0.29, 0.717) is 39.8 Å². The second-order valence-electron chi connectivity index (χ2n) is 29.3. The zero-order valence-corrected chi connectivity index (χ0v) is 112. The molecule has 0 aromatic heterocycles. The Kier molecular flexibility index (Phi) is 127. The van der Waals surface area contributed by atoms with Gasteiger partial charge in [0.1, 0.15) is 11.7 Å². The van der Waals surface area contributed by atoms with Gasteiger partial charge in [0.2, 0.25) is 11.9 Å². The van der Waals surface area contributed by atoms with Crippen LogP contribution in [0.3, 0.4) is 0 Å². The third kappa shape index (κ3) is 59.4. The van der Waals surface area contributed by atoms with E-state index in [1.807, 2.05) is 237 Å². The molecule has 0 aliphatic carbocycles. The zero-order valence-electron chi connectivity index (χ0n) is 101. The molecule has 6 N–H and O–H groups in total. The minimum atomic E-state index is -0.227. The van der Waals surface area contributed by atoms with Crippen molar-refractivity contribution in [3.8, 4) is 0 Å². The molecule has 824 valence electrons. The number of hydrazone groups is 4. The molecule has 0 unspecified atom stereocenters. The Hall–Kier alpha value is -7.14. The third-order valence-corrected chi connectivity index (χ3v) is 20.9. The zero-order chi connectivity index (χ0) is 108. The Balaban J connectivity index is -0.000000122. The van der Waals surface area contributed by atoms with Crippen LogP contribution in [-0.4, -0.2) is 232 Å². The van der Waals surface area contributed by atoms with Crippen molar-refractivity contribution in [1.29, 1.82) is 0 Å². The molecular weight excluding hydrogens is 2140 g/mol. The van der Waals surface area contributed by atoms with Crippen LogP contribution >= 0.6 is 0 Å². The van der Waals surface area contributed by atoms with Gasteiger partial charge in [0.15, 0.2) is 0 Å². The average molecular weight is 2350 g/mol. The summed E-state index contributed by atoms with van der Waals surface area (Å²) in [6.07, 6.45) is 0.500. The molecule has 4 aliphatic rings. The summed E-state index contributed by atoms with van der Waals surface area (Å²) >= 11 is 0. The summed E-state index contributed by atoms with van der Waals surface area (Å²) in [4.78, 5) is 60.2. The molecule has 0 saturated carbocycles. The van der Waals surface area contributed by atoms with Gasteiger partial charge >= 0.3 is 12.3 Å². The van der Waals surface area contributed by atoms with Gasteiger partial charge in [-0.15, -0.1) is 0 Å². The molecule has 148 heavy (non-hydrogen) atoms. The molecule has 4 radical (unpaired) electrons. The van der Waals surface area contributed by atoms with E-state index in [2.05, 4.69) is 320 Å². The first-order valence-corrected chi connectivity index (χ1v) is 51.8. The van der Waals surface area contributed by atoms with E-state index in [-0.39, 0.29) is 195 Å². The van der Waals surface area contributed by atoms with Crippen molar-refractivity contribution >= 4 is 58.7 Å². The van der Waals surface area contributed by atoms with Crippen molar-refractivity contribution in [2.45, 2.75) is 257 Å². The molecule has 12 rings (SSSR count). The molecule has 0 bridgehead atoms. The first-order valence-electron chi connectivity index (χ1n) is 51.8. The number of nitrogens with one attached hydrogen (secondary N) is 2. The van der Waals surface area contributed by atoms with Crippen LogP contribution < -0.4 is 22.1 Å². The number of rotatable bonds is 24. The maximum atomic E-state index is 8.12. The Morgan fingerprint density at radius 1 is 0.284 bits per heavy atom. The van der Waals surface area contributed by atoms with Crippen LogP contribution in [0.25, 0.3) is 0 Å². The van der Waals surface area contributed by atoms with Crippen molar-refractivity contribution in [2.75, 3.05) is 133 Å². The number of benzene rings is 8. The van der Waals surface area contributed by atoms with Gasteiger partial charge in [0.05, 0.1) is 110 Å². The molecule has 28 heteroatoms. The second-order valence-corrected chi connectivity index (χ2v) is 29.3. The molecule has 8 aromatic rings. The van der Waals surface area contributed by atoms with Crippen molar-refractivity contribution < 1.29 is 150 Å². The quantitative estimate of drug-likeness (QED) is 0.0249. The summed E-state index contributed by atoms with van der Waals surface area (Å²) in [6, 6.07) is 84.1. The SMILES string of the molecule is CC.CC.CC.CC.CC.CC.CC.CC.CC.CC.CC.CC.CCN(C)CN=C(CN)N1C[C@@](C)(c2ccccc2)C(c2ccccc2)=N1.CCN(C)CN=C(CN)N1C[C@](C)(c2ccccc2)C(c2ccccc2)=N1.CCNC(=NCN(C)CC)N1C[C@@](C)(c2ccccc2)C(c2ccccc2)=N1.CCNC(=NCN(C)CC)N1C[C@](C)(c2ccccc2)C(c2ccccc2)=N1.O=C=O.O=C=O.[CH3-].[CH3-].[CH3-].[CH3-].[Y].[Y].[Y].[Y]. The Morgan fingerprint density at radius 3 is 0.588 bits per heavy atom. The molecule has 0 saturated heterocycles. The van der Waals surface area contributed by atoms with Crippen LogP contribution in [0.1, 0.15) is 280 Å². The van der Waals surface area contributed by atoms with E-state index in [4.69, 9.17) is 71.0 Å². The maximum Gasteiger partial charge on any atom is 0.373 e. The van der Waals surface area contributed by atoms with Crippen LogP contribution in [0.15, 0.2) is 283 Å². The minimum Gasteiger partial charge on any atom is -0.358 e. The van der Waals surface area contributed by atoms with E-state index < -0.39 is 0 Å². The van der Waals surface area contributed by atoms with Gasteiger partial charge in [-0.05, 0) is 140 Å². The fraction of sp³-hybridized carbons (Fsp3) is 0.483. The molecule has 4 heterocycles. The fourth-order valence-electron chi connectivity index (χ4n) is 13.6. The summed E-state index contributed by atoms with van der Waals surface area (Å²) in [7, 11) is 8.25. The molecular formula is C120H204N20O4Y4-4. The number of hydrogen-bond acceptors (Lipinski definition) is 18. The summed E-state index contributed by atoms with van der Waals surface area (Å²) in [6.45, 7) is 81.4. The molecule has 4 atom stereocenters. The molecule has 24 nitrogen and oxygen atoms in total. The molecule has 0 amide bonds. The average Bonchev–Trinajstić information content (AvgIpc) is 1.63. The van der Waals surface area contributed by atoms with Crippen molar-refractivity contribution in [3.05, 3.63) is 317 Å². The van der Waals surface area contributed by atoms with Gasteiger partial charge < -0.3 is 51.8 Å². The Bertz CT molecular complexity index is 4330. The molecule has 0 spiro atoms. The largest absolute Gasteiger partial charge is 0.373 e. The van der Waals surface area contributed by atoms with Crippen LogP contribution in [-0.2, 0) is 172 Å². The van der Waals surface area contributed by atoms with Gasteiger partial charge in [-0.1, -0.05) is 437 Å². The number of carbonyl (C=O) groups excluding carboxylic acids is 4. The molecule has 4 aliphatic heterocycles. The third-order valence-electron chi connectivity index (χ3n) is 20.9. The maximum absolute atomic E-state index is 8.12. The van der Waals surface area contributed by atoms with E-state index >= 15 is 0 Å². The summed E-state index contributed by atoms with van der Waals surface area (Å²) in [5.41, 5.74) is 25.0. The minimum absolute atomic E-state index is 0. The predicted molar refractivity (Wildman–Crippen MR) is 634 cm³/mol.